The summed E-state index contributed by atoms with van der Waals surface area (Å²) in [5.74, 6) is -0.172. The molecule has 2 aromatic carbocycles. The van der Waals surface area contributed by atoms with Crippen molar-refractivity contribution in [1.82, 2.24) is 9.80 Å². The van der Waals surface area contributed by atoms with Crippen molar-refractivity contribution in [2.45, 2.75) is 25.5 Å². The molecule has 10 heteroatoms. The third-order valence-corrected chi connectivity index (χ3v) is 7.18. The molecule has 2 amide bonds. The summed E-state index contributed by atoms with van der Waals surface area (Å²) in [6.07, 6.45) is 0.963. The lowest BCUT2D eigenvalue weighted by Gasteiger charge is -2.40. The van der Waals surface area contributed by atoms with Crippen molar-refractivity contribution in [1.29, 1.82) is 0 Å². The lowest BCUT2D eigenvalue weighted by atomic mass is 9.99. The number of anilines is 2. The first kappa shape index (κ1) is 23.1. The lowest BCUT2D eigenvalue weighted by Crippen LogP contribution is -2.49. The summed E-state index contributed by atoms with van der Waals surface area (Å²) in [4.78, 5) is 44.6. The maximum absolute atomic E-state index is 12.9. The number of piperazine rings is 1. The van der Waals surface area contributed by atoms with Crippen LogP contribution in [0.5, 0.6) is 0 Å². The molecular formula is C25H29N5O5. The van der Waals surface area contributed by atoms with E-state index in [1.54, 1.807) is 21.9 Å². The predicted octanol–water partition coefficient (Wildman–Crippen LogP) is 3.11. The van der Waals surface area contributed by atoms with Crippen LogP contribution in [0.2, 0.25) is 0 Å². The van der Waals surface area contributed by atoms with Gasteiger partial charge in [-0.1, -0.05) is 18.2 Å². The summed E-state index contributed by atoms with van der Waals surface area (Å²) in [7, 11) is 2.01. The lowest BCUT2D eigenvalue weighted by molar-refractivity contribution is -0.384. The Labute approximate surface area is 203 Å². The average Bonchev–Trinajstić information content (AvgIpc) is 2.88. The Kier molecular flexibility index (Phi) is 6.29. The minimum Gasteiger partial charge on any atom is -0.444 e. The summed E-state index contributed by atoms with van der Waals surface area (Å²) in [6, 6.07) is 12.5. The first-order valence-electron chi connectivity index (χ1n) is 12.0. The molecule has 0 saturated carbocycles. The third kappa shape index (κ3) is 4.53. The fourth-order valence-electron chi connectivity index (χ4n) is 5.15. The second-order valence-corrected chi connectivity index (χ2v) is 9.33. The van der Waals surface area contributed by atoms with Crippen LogP contribution in [0.4, 0.5) is 21.9 Å². The fourth-order valence-corrected chi connectivity index (χ4v) is 5.15. The SMILES string of the molecule is CN1CCN(C(=O)c2ccc(N3CCC(N4C(=O)OCc5ccccc54)CC3)c([N+](=O)[O-])c2)CC1. The second kappa shape index (κ2) is 9.53. The van der Waals surface area contributed by atoms with Crippen LogP contribution < -0.4 is 9.80 Å². The predicted molar refractivity (Wildman–Crippen MR) is 131 cm³/mol. The highest BCUT2D eigenvalue weighted by Crippen LogP contribution is 2.35. The van der Waals surface area contributed by atoms with E-state index in [1.165, 1.54) is 6.07 Å². The molecule has 184 valence electrons. The van der Waals surface area contributed by atoms with Crippen molar-refractivity contribution in [3.63, 3.8) is 0 Å². The van der Waals surface area contributed by atoms with Gasteiger partial charge in [0.1, 0.15) is 12.3 Å². The van der Waals surface area contributed by atoms with Gasteiger partial charge in [0.15, 0.2) is 0 Å². The molecule has 0 unspecified atom stereocenters. The maximum Gasteiger partial charge on any atom is 0.414 e. The number of benzene rings is 2. The highest BCUT2D eigenvalue weighted by molar-refractivity contribution is 5.96. The van der Waals surface area contributed by atoms with E-state index in [4.69, 9.17) is 4.74 Å². The van der Waals surface area contributed by atoms with Gasteiger partial charge in [-0.3, -0.25) is 19.8 Å². The average molecular weight is 480 g/mol. The molecule has 0 aromatic heterocycles. The van der Waals surface area contributed by atoms with Crippen LogP contribution >= 0.6 is 0 Å². The number of piperidine rings is 1. The zero-order valence-electron chi connectivity index (χ0n) is 19.8. The topological polar surface area (TPSA) is 99.5 Å². The molecular weight excluding hydrogens is 450 g/mol. The highest BCUT2D eigenvalue weighted by atomic mass is 16.6. The van der Waals surface area contributed by atoms with Crippen LogP contribution in [0.25, 0.3) is 0 Å². The molecule has 0 spiro atoms. The largest absolute Gasteiger partial charge is 0.444 e. The molecule has 0 radical (unpaired) electrons. The molecule has 3 aliphatic rings. The standard InChI is InChI=1S/C25H29N5O5/c1-26-12-14-28(15-13-26)24(31)18-6-7-22(23(16-18)30(33)34)27-10-8-20(9-11-27)29-21-5-3-2-4-19(21)17-35-25(29)32/h2-7,16,20H,8-15,17H2,1H3. The second-order valence-electron chi connectivity index (χ2n) is 9.33. The molecule has 35 heavy (non-hydrogen) atoms. The smallest absolute Gasteiger partial charge is 0.414 e. The Morgan fingerprint density at radius 2 is 1.71 bits per heavy atom. The number of ether oxygens (including phenoxy) is 1. The molecule has 3 aliphatic heterocycles. The molecule has 0 bridgehead atoms. The van der Waals surface area contributed by atoms with Gasteiger partial charge in [0.25, 0.3) is 11.6 Å². The summed E-state index contributed by atoms with van der Waals surface area (Å²) in [6.45, 7) is 4.19. The van der Waals surface area contributed by atoms with Crippen molar-refractivity contribution >= 4 is 29.1 Å². The van der Waals surface area contributed by atoms with E-state index in [1.807, 2.05) is 36.2 Å². The number of hydrogen-bond acceptors (Lipinski definition) is 7. The molecule has 3 heterocycles. The molecule has 2 saturated heterocycles. The fraction of sp³-hybridized carbons (Fsp3) is 0.440. The number of cyclic esters (lactones) is 1. The van der Waals surface area contributed by atoms with Crippen LogP contribution in [-0.4, -0.2) is 79.1 Å². The number of nitrogens with zero attached hydrogens (tertiary/aromatic N) is 5. The number of para-hydroxylation sites is 1. The van der Waals surface area contributed by atoms with Gasteiger partial charge in [-0.05, 0) is 38.1 Å². The van der Waals surface area contributed by atoms with E-state index < -0.39 is 4.92 Å². The monoisotopic (exact) mass is 479 g/mol. The Hall–Kier alpha value is -3.66. The van der Waals surface area contributed by atoms with E-state index in [0.29, 0.717) is 50.3 Å². The Balaban J connectivity index is 1.31. The number of carbonyl (C=O) groups excluding carboxylic acids is 2. The molecule has 10 nitrogen and oxygen atoms in total. The van der Waals surface area contributed by atoms with Crippen molar-refractivity contribution in [2.75, 3.05) is 56.1 Å². The minimum absolute atomic E-state index is 0.0441. The number of carbonyl (C=O) groups is 2. The van der Waals surface area contributed by atoms with Crippen molar-refractivity contribution in [3.8, 4) is 0 Å². The van der Waals surface area contributed by atoms with Crippen molar-refractivity contribution < 1.29 is 19.2 Å². The minimum atomic E-state index is -0.416. The summed E-state index contributed by atoms with van der Waals surface area (Å²) < 4.78 is 5.37. The molecule has 5 rings (SSSR count). The summed E-state index contributed by atoms with van der Waals surface area (Å²) >= 11 is 0. The quantitative estimate of drug-likeness (QED) is 0.491. The number of nitro groups is 1. The first-order valence-corrected chi connectivity index (χ1v) is 12.0. The van der Waals surface area contributed by atoms with E-state index in [2.05, 4.69) is 4.90 Å². The van der Waals surface area contributed by atoms with Gasteiger partial charge in [-0.15, -0.1) is 0 Å². The van der Waals surface area contributed by atoms with E-state index >= 15 is 0 Å². The summed E-state index contributed by atoms with van der Waals surface area (Å²) in [5, 5.41) is 11.9. The van der Waals surface area contributed by atoms with Crippen LogP contribution in [0, 0.1) is 10.1 Å². The van der Waals surface area contributed by atoms with Crippen LogP contribution in [-0.2, 0) is 11.3 Å². The van der Waals surface area contributed by atoms with Crippen LogP contribution in [0.1, 0.15) is 28.8 Å². The van der Waals surface area contributed by atoms with E-state index in [9.17, 15) is 19.7 Å². The van der Waals surface area contributed by atoms with Gasteiger partial charge >= 0.3 is 6.09 Å². The zero-order chi connectivity index (χ0) is 24.5. The number of hydrogen-bond donors (Lipinski definition) is 0. The number of amides is 2. The zero-order valence-corrected chi connectivity index (χ0v) is 19.8. The molecule has 0 atom stereocenters. The number of rotatable bonds is 4. The van der Waals surface area contributed by atoms with Crippen LogP contribution in [0.15, 0.2) is 42.5 Å². The van der Waals surface area contributed by atoms with E-state index in [0.717, 1.165) is 24.3 Å². The number of fused-ring (bicyclic) bond motifs is 1. The maximum atomic E-state index is 12.9. The molecule has 0 N–H and O–H groups in total. The van der Waals surface area contributed by atoms with Gasteiger partial charge < -0.3 is 19.4 Å². The molecule has 2 fully saturated rings. The van der Waals surface area contributed by atoms with Gasteiger partial charge in [0.05, 0.1) is 10.6 Å². The van der Waals surface area contributed by atoms with Crippen LogP contribution in [0.3, 0.4) is 0 Å². The van der Waals surface area contributed by atoms with Crippen molar-refractivity contribution in [2.24, 2.45) is 0 Å². The Bertz CT molecular complexity index is 1140. The molecule has 2 aromatic rings. The Morgan fingerprint density at radius 1 is 1.00 bits per heavy atom. The van der Waals surface area contributed by atoms with Gasteiger partial charge in [0, 0.05) is 62.5 Å². The summed E-state index contributed by atoms with van der Waals surface area (Å²) in [5.41, 5.74) is 2.63. The Morgan fingerprint density at radius 3 is 2.43 bits per heavy atom. The first-order chi connectivity index (χ1) is 16.9. The van der Waals surface area contributed by atoms with Gasteiger partial charge in [-0.25, -0.2) is 4.79 Å². The number of likely N-dealkylation sites (N-methyl/N-ethyl adjacent to an activating group) is 1. The normalized spacial score (nSPS) is 19.3. The third-order valence-electron chi connectivity index (χ3n) is 7.18. The van der Waals surface area contributed by atoms with Gasteiger partial charge in [0.2, 0.25) is 0 Å². The van der Waals surface area contributed by atoms with E-state index in [-0.39, 0.29) is 30.3 Å². The van der Waals surface area contributed by atoms with Gasteiger partial charge in [-0.2, -0.15) is 0 Å². The highest BCUT2D eigenvalue weighted by Gasteiger charge is 2.35. The molecule has 0 aliphatic carbocycles. The van der Waals surface area contributed by atoms with Crippen molar-refractivity contribution in [3.05, 3.63) is 63.7 Å². The number of nitro benzene ring substituents is 1.